The van der Waals surface area contributed by atoms with E-state index >= 15 is 0 Å². The van der Waals surface area contributed by atoms with Crippen molar-refractivity contribution >= 4 is 0 Å². The van der Waals surface area contributed by atoms with E-state index in [1.165, 1.54) is 42.4 Å². The third-order valence-corrected chi connectivity index (χ3v) is 4.35. The van der Waals surface area contributed by atoms with Crippen molar-refractivity contribution in [1.29, 1.82) is 0 Å². The summed E-state index contributed by atoms with van der Waals surface area (Å²) < 4.78 is 0. The van der Waals surface area contributed by atoms with Crippen LogP contribution in [0.15, 0.2) is 18.2 Å². The Labute approximate surface area is 112 Å². The summed E-state index contributed by atoms with van der Waals surface area (Å²) in [5, 5.41) is 3.76. The summed E-state index contributed by atoms with van der Waals surface area (Å²) in [6.07, 6.45) is 5.69. The molecule has 0 aromatic heterocycles. The van der Waals surface area contributed by atoms with Crippen molar-refractivity contribution in [3.05, 3.63) is 34.9 Å². The minimum atomic E-state index is 0.458. The molecule has 1 aromatic rings. The number of hydrogen-bond acceptors (Lipinski definition) is 1. The smallest absolute Gasteiger partial charge is 0.0296 e. The third-order valence-electron chi connectivity index (χ3n) is 4.35. The van der Waals surface area contributed by atoms with Gasteiger partial charge in [-0.15, -0.1) is 0 Å². The molecule has 0 amide bonds. The molecule has 18 heavy (non-hydrogen) atoms. The average molecular weight is 245 g/mol. The monoisotopic (exact) mass is 245 g/mol. The fraction of sp³-hybridized carbons (Fsp3) is 0.647. The molecule has 1 saturated carbocycles. The lowest BCUT2D eigenvalue weighted by molar-refractivity contribution is 0.259. The molecule has 1 aromatic carbocycles. The zero-order valence-electron chi connectivity index (χ0n) is 12.3. The molecular weight excluding hydrogens is 218 g/mol. The van der Waals surface area contributed by atoms with Crippen LogP contribution in [0.2, 0.25) is 0 Å². The quantitative estimate of drug-likeness (QED) is 0.803. The van der Waals surface area contributed by atoms with Crippen molar-refractivity contribution in [2.24, 2.45) is 5.92 Å². The Kier molecular flexibility index (Phi) is 4.45. The van der Waals surface area contributed by atoms with E-state index in [0.717, 1.165) is 5.92 Å². The normalized spacial score (nSPS) is 19.3. The largest absolute Gasteiger partial charge is 0.308 e. The van der Waals surface area contributed by atoms with Gasteiger partial charge in [0.1, 0.15) is 0 Å². The highest BCUT2D eigenvalue weighted by Crippen LogP contribution is 2.31. The average Bonchev–Trinajstić information content (AvgIpc) is 2.27. The van der Waals surface area contributed by atoms with E-state index in [2.05, 4.69) is 51.2 Å². The van der Waals surface area contributed by atoms with Crippen molar-refractivity contribution < 1.29 is 0 Å². The van der Waals surface area contributed by atoms with Crippen LogP contribution < -0.4 is 5.32 Å². The van der Waals surface area contributed by atoms with E-state index < -0.39 is 0 Å². The molecule has 1 aliphatic rings. The first-order valence-electron chi connectivity index (χ1n) is 7.39. The van der Waals surface area contributed by atoms with Crippen molar-refractivity contribution in [2.45, 2.75) is 65.5 Å². The van der Waals surface area contributed by atoms with Crippen LogP contribution in [0.1, 0.15) is 62.3 Å². The molecule has 2 unspecified atom stereocenters. The van der Waals surface area contributed by atoms with Crippen LogP contribution in [0.4, 0.5) is 0 Å². The Bertz CT molecular complexity index is 393. The van der Waals surface area contributed by atoms with E-state index in [9.17, 15) is 0 Å². The molecule has 0 heterocycles. The second kappa shape index (κ2) is 5.88. The van der Waals surface area contributed by atoms with Crippen LogP contribution in [0.3, 0.4) is 0 Å². The zero-order valence-corrected chi connectivity index (χ0v) is 12.3. The summed E-state index contributed by atoms with van der Waals surface area (Å²) in [7, 11) is 0. The molecule has 0 aliphatic heterocycles. The van der Waals surface area contributed by atoms with Gasteiger partial charge >= 0.3 is 0 Å². The van der Waals surface area contributed by atoms with Gasteiger partial charge in [-0.25, -0.2) is 0 Å². The Morgan fingerprint density at radius 1 is 1.22 bits per heavy atom. The van der Waals surface area contributed by atoms with Crippen LogP contribution in [0, 0.1) is 19.8 Å². The van der Waals surface area contributed by atoms with Gasteiger partial charge in [0.05, 0.1) is 0 Å². The fourth-order valence-electron chi connectivity index (χ4n) is 3.04. The molecule has 0 bridgehead atoms. The van der Waals surface area contributed by atoms with Gasteiger partial charge in [0, 0.05) is 12.1 Å². The first-order chi connectivity index (χ1) is 8.56. The summed E-state index contributed by atoms with van der Waals surface area (Å²) in [4.78, 5) is 0. The molecule has 2 rings (SSSR count). The van der Waals surface area contributed by atoms with Gasteiger partial charge < -0.3 is 5.32 Å². The van der Waals surface area contributed by atoms with E-state index in [1.54, 1.807) is 0 Å². The van der Waals surface area contributed by atoms with Crippen LogP contribution in [-0.4, -0.2) is 6.04 Å². The number of aryl methyl sites for hydroxylation is 2. The van der Waals surface area contributed by atoms with Crippen LogP contribution >= 0.6 is 0 Å². The molecule has 2 atom stereocenters. The van der Waals surface area contributed by atoms with Gasteiger partial charge in [0.25, 0.3) is 0 Å². The van der Waals surface area contributed by atoms with Gasteiger partial charge in [0.15, 0.2) is 0 Å². The second-order valence-electron chi connectivity index (χ2n) is 6.18. The van der Waals surface area contributed by atoms with E-state index in [1.807, 2.05) is 0 Å². The summed E-state index contributed by atoms with van der Waals surface area (Å²) >= 11 is 0. The summed E-state index contributed by atoms with van der Waals surface area (Å²) in [5.74, 6) is 0.985. The lowest BCUT2D eigenvalue weighted by Gasteiger charge is -2.30. The Morgan fingerprint density at radius 2 is 1.94 bits per heavy atom. The number of hydrogen-bond donors (Lipinski definition) is 1. The van der Waals surface area contributed by atoms with Gasteiger partial charge in [-0.1, -0.05) is 43.0 Å². The maximum Gasteiger partial charge on any atom is 0.0296 e. The van der Waals surface area contributed by atoms with Gasteiger partial charge in [-0.05, 0) is 51.2 Å². The van der Waals surface area contributed by atoms with Gasteiger partial charge in [-0.3, -0.25) is 0 Å². The second-order valence-corrected chi connectivity index (χ2v) is 6.18. The maximum absolute atomic E-state index is 3.76. The maximum atomic E-state index is 3.76. The van der Waals surface area contributed by atoms with E-state index in [0.29, 0.717) is 12.1 Å². The van der Waals surface area contributed by atoms with Crippen LogP contribution in [0.25, 0.3) is 0 Å². The zero-order chi connectivity index (χ0) is 13.1. The predicted molar refractivity (Wildman–Crippen MR) is 78.9 cm³/mol. The predicted octanol–water partition coefficient (Wildman–Crippen LogP) is 4.53. The topological polar surface area (TPSA) is 12.0 Å². The van der Waals surface area contributed by atoms with Gasteiger partial charge in [-0.2, -0.15) is 0 Å². The van der Waals surface area contributed by atoms with E-state index in [4.69, 9.17) is 0 Å². The Hall–Kier alpha value is -0.820. The summed E-state index contributed by atoms with van der Waals surface area (Å²) in [6, 6.07) is 7.84. The lowest BCUT2D eigenvalue weighted by atomic mass is 9.81. The lowest BCUT2D eigenvalue weighted by Crippen LogP contribution is -2.32. The standard InChI is InChI=1S/C17H27N/c1-12-8-9-13(2)17(10-12)15(4)18-14(3)11-16-6-5-7-16/h8-10,14-16,18H,5-7,11H2,1-4H3. The molecule has 0 saturated heterocycles. The fourth-order valence-corrected chi connectivity index (χ4v) is 3.04. The minimum Gasteiger partial charge on any atom is -0.308 e. The molecule has 1 heteroatoms. The van der Waals surface area contributed by atoms with Crippen LogP contribution in [-0.2, 0) is 0 Å². The molecular formula is C17H27N. The highest BCUT2D eigenvalue weighted by atomic mass is 14.9. The molecule has 100 valence electrons. The number of benzene rings is 1. The van der Waals surface area contributed by atoms with Gasteiger partial charge in [0.2, 0.25) is 0 Å². The Balaban J connectivity index is 1.93. The minimum absolute atomic E-state index is 0.458. The van der Waals surface area contributed by atoms with Crippen molar-refractivity contribution in [3.8, 4) is 0 Å². The molecule has 1 N–H and O–H groups in total. The number of nitrogens with one attached hydrogen (secondary N) is 1. The molecule has 1 fully saturated rings. The SMILES string of the molecule is Cc1ccc(C)c(C(C)NC(C)CC2CCC2)c1. The van der Waals surface area contributed by atoms with Crippen molar-refractivity contribution in [2.75, 3.05) is 0 Å². The molecule has 0 spiro atoms. The molecule has 1 aliphatic carbocycles. The Morgan fingerprint density at radius 3 is 2.56 bits per heavy atom. The van der Waals surface area contributed by atoms with Crippen molar-refractivity contribution in [1.82, 2.24) is 5.32 Å². The first-order valence-corrected chi connectivity index (χ1v) is 7.39. The molecule has 0 radical (unpaired) electrons. The van der Waals surface area contributed by atoms with Crippen molar-refractivity contribution in [3.63, 3.8) is 0 Å². The number of rotatable bonds is 5. The first kappa shape index (κ1) is 13.6. The third kappa shape index (κ3) is 3.35. The highest BCUT2D eigenvalue weighted by Gasteiger charge is 2.21. The highest BCUT2D eigenvalue weighted by molar-refractivity contribution is 5.32. The molecule has 1 nitrogen and oxygen atoms in total. The summed E-state index contributed by atoms with van der Waals surface area (Å²) in [5.41, 5.74) is 4.21. The summed E-state index contributed by atoms with van der Waals surface area (Å²) in [6.45, 7) is 9.01. The van der Waals surface area contributed by atoms with E-state index in [-0.39, 0.29) is 0 Å². The van der Waals surface area contributed by atoms with Crippen LogP contribution in [0.5, 0.6) is 0 Å².